The first-order valence-electron chi connectivity index (χ1n) is 11.1. The smallest absolute Gasteiger partial charge is 0.272 e. The molecule has 2 heterocycles. The first-order valence-corrected chi connectivity index (χ1v) is 12.5. The summed E-state index contributed by atoms with van der Waals surface area (Å²) in [5.74, 6) is 1.14. The number of hydrogen-bond acceptors (Lipinski definition) is 7. The largest absolute Gasteiger partial charge is 0.497 e. The van der Waals surface area contributed by atoms with Crippen LogP contribution in [0, 0.1) is 0 Å². The fraction of sp³-hybridized carbons (Fsp3) is 0.280. The Morgan fingerprint density at radius 3 is 2.03 bits per heavy atom. The molecule has 2 aromatic carbocycles. The van der Waals surface area contributed by atoms with E-state index in [9.17, 15) is 13.2 Å². The standard InChI is InChI=1S/C25H28N4O5S/c1-27(35(31,32)23-10-8-22(34-3)9-11-23)20-12-13-26-24(18-20)25(30)29-16-14-28(15-17-29)19-4-6-21(33-2)7-5-19/h4-13,18H,14-17H2,1-3H3. The van der Waals surface area contributed by atoms with Gasteiger partial charge in [0.05, 0.1) is 24.8 Å². The van der Waals surface area contributed by atoms with Crippen LogP contribution in [0.5, 0.6) is 11.5 Å². The van der Waals surface area contributed by atoms with Gasteiger partial charge in [0.1, 0.15) is 17.2 Å². The van der Waals surface area contributed by atoms with E-state index in [4.69, 9.17) is 9.47 Å². The molecule has 1 aliphatic heterocycles. The Morgan fingerprint density at radius 1 is 0.886 bits per heavy atom. The van der Waals surface area contributed by atoms with E-state index < -0.39 is 10.0 Å². The van der Waals surface area contributed by atoms with E-state index >= 15 is 0 Å². The van der Waals surface area contributed by atoms with Gasteiger partial charge in [0.25, 0.3) is 15.9 Å². The fourth-order valence-electron chi connectivity index (χ4n) is 3.90. The van der Waals surface area contributed by atoms with E-state index in [1.807, 2.05) is 24.3 Å². The number of carbonyl (C=O) groups is 1. The van der Waals surface area contributed by atoms with Crippen molar-refractivity contribution in [2.24, 2.45) is 0 Å². The van der Waals surface area contributed by atoms with Crippen molar-refractivity contribution in [2.45, 2.75) is 4.90 Å². The third-order valence-corrected chi connectivity index (χ3v) is 7.85. The highest BCUT2D eigenvalue weighted by molar-refractivity contribution is 7.92. The molecule has 0 unspecified atom stereocenters. The molecule has 0 spiro atoms. The Labute approximate surface area is 205 Å². The number of rotatable bonds is 7. The lowest BCUT2D eigenvalue weighted by Crippen LogP contribution is -2.49. The molecule has 1 saturated heterocycles. The van der Waals surface area contributed by atoms with Gasteiger partial charge in [-0.2, -0.15) is 0 Å². The van der Waals surface area contributed by atoms with Gasteiger partial charge in [-0.3, -0.25) is 14.1 Å². The predicted molar refractivity (Wildman–Crippen MR) is 134 cm³/mol. The third-order valence-electron chi connectivity index (χ3n) is 6.05. The van der Waals surface area contributed by atoms with Crippen LogP contribution in [0.4, 0.5) is 11.4 Å². The van der Waals surface area contributed by atoms with Gasteiger partial charge in [0.2, 0.25) is 0 Å². The summed E-state index contributed by atoms with van der Waals surface area (Å²) in [6.07, 6.45) is 1.45. The molecule has 0 aliphatic carbocycles. The Balaban J connectivity index is 1.45. The molecular formula is C25H28N4O5S. The number of aromatic nitrogens is 1. The zero-order valence-electron chi connectivity index (χ0n) is 19.9. The highest BCUT2D eigenvalue weighted by Gasteiger charge is 2.26. The summed E-state index contributed by atoms with van der Waals surface area (Å²) < 4.78 is 37.6. The lowest BCUT2D eigenvalue weighted by atomic mass is 10.2. The zero-order valence-corrected chi connectivity index (χ0v) is 20.7. The van der Waals surface area contributed by atoms with Crippen LogP contribution >= 0.6 is 0 Å². The van der Waals surface area contributed by atoms with E-state index in [-0.39, 0.29) is 16.5 Å². The number of sulfonamides is 1. The van der Waals surface area contributed by atoms with Crippen LogP contribution in [-0.4, -0.2) is 71.7 Å². The van der Waals surface area contributed by atoms with Crippen LogP contribution in [-0.2, 0) is 10.0 Å². The number of hydrogen-bond donors (Lipinski definition) is 0. The van der Waals surface area contributed by atoms with Gasteiger partial charge in [-0.1, -0.05) is 0 Å². The van der Waals surface area contributed by atoms with E-state index in [0.717, 1.165) is 15.7 Å². The van der Waals surface area contributed by atoms with E-state index in [1.54, 1.807) is 30.2 Å². The maximum absolute atomic E-state index is 13.1. The molecule has 4 rings (SSSR count). The first-order chi connectivity index (χ1) is 16.8. The second kappa shape index (κ2) is 10.2. The molecule has 9 nitrogen and oxygen atoms in total. The molecule has 1 fully saturated rings. The van der Waals surface area contributed by atoms with E-state index in [1.165, 1.54) is 38.6 Å². The molecule has 0 atom stereocenters. The van der Waals surface area contributed by atoms with Crippen molar-refractivity contribution in [1.82, 2.24) is 9.88 Å². The topological polar surface area (TPSA) is 92.3 Å². The molecule has 10 heteroatoms. The SMILES string of the molecule is COc1ccc(N2CCN(C(=O)c3cc(N(C)S(=O)(=O)c4ccc(OC)cc4)ccn3)CC2)cc1. The molecule has 0 N–H and O–H groups in total. The fourth-order valence-corrected chi connectivity index (χ4v) is 5.09. The van der Waals surface area contributed by atoms with Gasteiger partial charge in [0.15, 0.2) is 0 Å². The number of carbonyl (C=O) groups excluding carboxylic acids is 1. The van der Waals surface area contributed by atoms with Gasteiger partial charge in [-0.25, -0.2) is 8.42 Å². The van der Waals surface area contributed by atoms with Gasteiger partial charge < -0.3 is 19.3 Å². The van der Waals surface area contributed by atoms with Gasteiger partial charge >= 0.3 is 0 Å². The number of methoxy groups -OCH3 is 2. The number of pyridine rings is 1. The minimum Gasteiger partial charge on any atom is -0.497 e. The van der Waals surface area contributed by atoms with Crippen molar-refractivity contribution in [1.29, 1.82) is 0 Å². The van der Waals surface area contributed by atoms with Crippen molar-refractivity contribution < 1.29 is 22.7 Å². The second-order valence-corrected chi connectivity index (χ2v) is 9.99. The third kappa shape index (κ3) is 5.17. The summed E-state index contributed by atoms with van der Waals surface area (Å²) in [6.45, 7) is 2.44. The highest BCUT2D eigenvalue weighted by atomic mass is 32.2. The summed E-state index contributed by atoms with van der Waals surface area (Å²) in [7, 11) is 0.789. The first kappa shape index (κ1) is 24.3. The normalized spacial score (nSPS) is 13.9. The minimum absolute atomic E-state index is 0.125. The molecule has 35 heavy (non-hydrogen) atoms. The number of ether oxygens (including phenoxy) is 2. The summed E-state index contributed by atoms with van der Waals surface area (Å²) in [5, 5.41) is 0. The summed E-state index contributed by atoms with van der Waals surface area (Å²) in [6, 6.07) is 17.1. The molecule has 0 saturated carbocycles. The van der Waals surface area contributed by atoms with Crippen LogP contribution < -0.4 is 18.7 Å². The maximum atomic E-state index is 13.1. The van der Waals surface area contributed by atoms with E-state index in [2.05, 4.69) is 9.88 Å². The number of amides is 1. The van der Waals surface area contributed by atoms with Gasteiger partial charge in [-0.05, 0) is 60.7 Å². The average Bonchev–Trinajstić information content (AvgIpc) is 2.92. The number of benzene rings is 2. The minimum atomic E-state index is -3.82. The van der Waals surface area contributed by atoms with Crippen molar-refractivity contribution in [2.75, 3.05) is 56.7 Å². The van der Waals surface area contributed by atoms with Gasteiger partial charge in [0, 0.05) is 45.1 Å². The highest BCUT2D eigenvalue weighted by Crippen LogP contribution is 2.25. The van der Waals surface area contributed by atoms with Crippen LogP contribution in [0.1, 0.15) is 10.5 Å². The Hall–Kier alpha value is -3.79. The predicted octanol–water partition coefficient (Wildman–Crippen LogP) is 2.89. The molecule has 1 amide bonds. The van der Waals surface area contributed by atoms with Crippen molar-refractivity contribution in [3.05, 3.63) is 72.6 Å². The maximum Gasteiger partial charge on any atom is 0.272 e. The molecule has 184 valence electrons. The lowest BCUT2D eigenvalue weighted by Gasteiger charge is -2.36. The van der Waals surface area contributed by atoms with Crippen LogP contribution in [0.15, 0.2) is 71.8 Å². The average molecular weight is 497 g/mol. The Bertz CT molecular complexity index is 1270. The van der Waals surface area contributed by atoms with Gasteiger partial charge in [-0.15, -0.1) is 0 Å². The summed E-state index contributed by atoms with van der Waals surface area (Å²) >= 11 is 0. The quantitative estimate of drug-likeness (QED) is 0.497. The van der Waals surface area contributed by atoms with Crippen molar-refractivity contribution >= 4 is 27.3 Å². The van der Waals surface area contributed by atoms with Crippen molar-refractivity contribution in [3.63, 3.8) is 0 Å². The number of nitrogens with zero attached hydrogens (tertiary/aromatic N) is 4. The molecule has 0 radical (unpaired) electrons. The second-order valence-electron chi connectivity index (χ2n) is 8.02. The van der Waals surface area contributed by atoms with Crippen LogP contribution in [0.3, 0.4) is 0 Å². The molecular weight excluding hydrogens is 468 g/mol. The summed E-state index contributed by atoms with van der Waals surface area (Å²) in [5.41, 5.74) is 1.64. The number of piperazine rings is 1. The Kier molecular flexibility index (Phi) is 7.11. The lowest BCUT2D eigenvalue weighted by molar-refractivity contribution is 0.0741. The molecule has 1 aliphatic rings. The van der Waals surface area contributed by atoms with Crippen molar-refractivity contribution in [3.8, 4) is 11.5 Å². The molecule has 0 bridgehead atoms. The molecule has 3 aromatic rings. The number of anilines is 2. The van der Waals surface area contributed by atoms with Crippen LogP contribution in [0.2, 0.25) is 0 Å². The monoisotopic (exact) mass is 496 g/mol. The van der Waals surface area contributed by atoms with Crippen LogP contribution in [0.25, 0.3) is 0 Å². The zero-order chi connectivity index (χ0) is 25.0. The molecule has 1 aromatic heterocycles. The summed E-state index contributed by atoms with van der Waals surface area (Å²) in [4.78, 5) is 21.4. The van der Waals surface area contributed by atoms with E-state index in [0.29, 0.717) is 37.6 Å². The Morgan fingerprint density at radius 2 is 1.46 bits per heavy atom.